The third-order valence-corrected chi connectivity index (χ3v) is 3.87. The number of hydrogen-bond donors (Lipinski definition) is 0. The fourth-order valence-electron chi connectivity index (χ4n) is 2.50. The van der Waals surface area contributed by atoms with Crippen LogP contribution in [0, 0.1) is 0 Å². The predicted molar refractivity (Wildman–Crippen MR) is 87.6 cm³/mol. The summed E-state index contributed by atoms with van der Waals surface area (Å²) in [4.78, 5) is 0. The molecule has 0 unspecified atom stereocenters. The highest BCUT2D eigenvalue weighted by molar-refractivity contribution is 6.31. The Morgan fingerprint density at radius 3 is 2.48 bits per heavy atom. The summed E-state index contributed by atoms with van der Waals surface area (Å²) in [5, 5.41) is 0.564. The minimum atomic E-state index is -0.482. The standard InChI is InChI=1S/C18H19ClO4/c1-20-11-14-9-15(19)17(18-21-7-8-22-18)16(10-14)23-12-13-5-3-2-4-6-13/h2-6,9-10,18H,7-8,11-12H2,1H3. The maximum absolute atomic E-state index is 6.44. The SMILES string of the molecule is COCc1cc(Cl)c(C2OCCO2)c(OCc2ccccc2)c1. The van der Waals surface area contributed by atoms with Gasteiger partial charge >= 0.3 is 0 Å². The Balaban J connectivity index is 1.87. The van der Waals surface area contributed by atoms with Crippen LogP contribution < -0.4 is 4.74 Å². The lowest BCUT2D eigenvalue weighted by molar-refractivity contribution is -0.0458. The van der Waals surface area contributed by atoms with E-state index >= 15 is 0 Å². The van der Waals surface area contributed by atoms with Crippen LogP contribution in [-0.2, 0) is 27.4 Å². The molecule has 2 aromatic rings. The van der Waals surface area contributed by atoms with Gasteiger partial charge in [-0.3, -0.25) is 0 Å². The van der Waals surface area contributed by atoms with E-state index in [2.05, 4.69) is 0 Å². The van der Waals surface area contributed by atoms with Gasteiger partial charge in [0.05, 0.1) is 30.4 Å². The molecule has 0 amide bonds. The van der Waals surface area contributed by atoms with Gasteiger partial charge in [0.2, 0.25) is 0 Å². The first kappa shape index (κ1) is 16.3. The lowest BCUT2D eigenvalue weighted by atomic mass is 10.1. The minimum Gasteiger partial charge on any atom is -0.488 e. The molecule has 1 fully saturated rings. The number of benzene rings is 2. The maximum Gasteiger partial charge on any atom is 0.189 e. The molecule has 0 atom stereocenters. The molecule has 0 spiro atoms. The average Bonchev–Trinajstić information content (AvgIpc) is 3.08. The summed E-state index contributed by atoms with van der Waals surface area (Å²) in [6.07, 6.45) is -0.482. The fraction of sp³-hybridized carbons (Fsp3) is 0.333. The zero-order chi connectivity index (χ0) is 16.1. The van der Waals surface area contributed by atoms with Crippen molar-refractivity contribution < 1.29 is 18.9 Å². The first-order valence-electron chi connectivity index (χ1n) is 7.49. The molecule has 0 saturated carbocycles. The van der Waals surface area contributed by atoms with Crippen LogP contribution in [0.5, 0.6) is 5.75 Å². The van der Waals surface area contributed by atoms with E-state index in [0.717, 1.165) is 16.7 Å². The van der Waals surface area contributed by atoms with Gasteiger partial charge in [-0.2, -0.15) is 0 Å². The van der Waals surface area contributed by atoms with Crippen LogP contribution in [0.4, 0.5) is 0 Å². The molecule has 0 bridgehead atoms. The van der Waals surface area contributed by atoms with Crippen LogP contribution in [0.1, 0.15) is 23.0 Å². The minimum absolute atomic E-state index is 0.452. The Bertz CT molecular complexity index is 639. The van der Waals surface area contributed by atoms with E-state index in [1.807, 2.05) is 42.5 Å². The van der Waals surface area contributed by atoms with Crippen molar-refractivity contribution in [1.29, 1.82) is 0 Å². The molecule has 3 rings (SSSR count). The smallest absolute Gasteiger partial charge is 0.189 e. The van der Waals surface area contributed by atoms with Crippen molar-refractivity contribution in [3.05, 3.63) is 64.2 Å². The lowest BCUT2D eigenvalue weighted by Crippen LogP contribution is -2.06. The Labute approximate surface area is 140 Å². The Morgan fingerprint density at radius 2 is 1.78 bits per heavy atom. The van der Waals surface area contributed by atoms with Crippen molar-refractivity contribution >= 4 is 11.6 Å². The van der Waals surface area contributed by atoms with Gasteiger partial charge in [-0.1, -0.05) is 41.9 Å². The van der Waals surface area contributed by atoms with Crippen LogP contribution >= 0.6 is 11.6 Å². The van der Waals surface area contributed by atoms with E-state index in [0.29, 0.717) is 37.2 Å². The zero-order valence-corrected chi connectivity index (χ0v) is 13.7. The van der Waals surface area contributed by atoms with Crippen molar-refractivity contribution in [3.8, 4) is 5.75 Å². The molecule has 1 heterocycles. The number of ether oxygens (including phenoxy) is 4. The molecular weight excluding hydrogens is 316 g/mol. The average molecular weight is 335 g/mol. The Kier molecular flexibility index (Phi) is 5.51. The van der Waals surface area contributed by atoms with Crippen molar-refractivity contribution in [1.82, 2.24) is 0 Å². The van der Waals surface area contributed by atoms with E-state index in [-0.39, 0.29) is 0 Å². The van der Waals surface area contributed by atoms with Gasteiger partial charge in [0.25, 0.3) is 0 Å². The highest BCUT2D eigenvalue weighted by Gasteiger charge is 2.26. The number of methoxy groups -OCH3 is 1. The van der Waals surface area contributed by atoms with Gasteiger partial charge in [-0.15, -0.1) is 0 Å². The van der Waals surface area contributed by atoms with Crippen LogP contribution in [-0.4, -0.2) is 20.3 Å². The molecule has 23 heavy (non-hydrogen) atoms. The fourth-order valence-corrected chi connectivity index (χ4v) is 2.83. The van der Waals surface area contributed by atoms with Crippen molar-refractivity contribution in [2.24, 2.45) is 0 Å². The van der Waals surface area contributed by atoms with Crippen molar-refractivity contribution in [2.75, 3.05) is 20.3 Å². The first-order chi connectivity index (χ1) is 11.3. The molecular formula is C18H19ClO4. The Hall–Kier alpha value is -1.59. The predicted octanol–water partition coefficient (Wildman–Crippen LogP) is 4.11. The van der Waals surface area contributed by atoms with Crippen LogP contribution in [0.3, 0.4) is 0 Å². The molecule has 2 aromatic carbocycles. The Morgan fingerprint density at radius 1 is 1.04 bits per heavy atom. The molecule has 5 heteroatoms. The van der Waals surface area contributed by atoms with Crippen molar-refractivity contribution in [3.63, 3.8) is 0 Å². The van der Waals surface area contributed by atoms with E-state index < -0.39 is 6.29 Å². The third kappa shape index (κ3) is 4.03. The summed E-state index contributed by atoms with van der Waals surface area (Å²) in [7, 11) is 1.65. The van der Waals surface area contributed by atoms with E-state index in [9.17, 15) is 0 Å². The molecule has 4 nitrogen and oxygen atoms in total. The van der Waals surface area contributed by atoms with Gasteiger partial charge in [0.15, 0.2) is 6.29 Å². The molecule has 122 valence electrons. The summed E-state index contributed by atoms with van der Waals surface area (Å²) >= 11 is 6.44. The third-order valence-electron chi connectivity index (χ3n) is 3.56. The number of hydrogen-bond acceptors (Lipinski definition) is 4. The summed E-state index contributed by atoms with van der Waals surface area (Å²) in [6, 6.07) is 13.8. The lowest BCUT2D eigenvalue weighted by Gasteiger charge is -2.18. The summed E-state index contributed by atoms with van der Waals surface area (Å²) in [6.45, 7) is 2.03. The van der Waals surface area contributed by atoms with Crippen molar-refractivity contribution in [2.45, 2.75) is 19.5 Å². The quantitative estimate of drug-likeness (QED) is 0.796. The summed E-state index contributed by atoms with van der Waals surface area (Å²) in [5.74, 6) is 0.667. The van der Waals surface area contributed by atoms with Gasteiger partial charge in [-0.05, 0) is 23.3 Å². The maximum atomic E-state index is 6.44. The molecule has 1 aliphatic heterocycles. The monoisotopic (exact) mass is 334 g/mol. The highest BCUT2D eigenvalue weighted by atomic mass is 35.5. The topological polar surface area (TPSA) is 36.9 Å². The highest BCUT2D eigenvalue weighted by Crippen LogP contribution is 2.38. The zero-order valence-electron chi connectivity index (χ0n) is 13.0. The number of halogens is 1. The van der Waals surface area contributed by atoms with Gasteiger partial charge in [0, 0.05) is 7.11 Å². The molecule has 1 saturated heterocycles. The van der Waals surface area contributed by atoms with E-state index in [4.69, 9.17) is 30.5 Å². The molecule has 0 N–H and O–H groups in total. The van der Waals surface area contributed by atoms with Gasteiger partial charge < -0.3 is 18.9 Å². The van der Waals surface area contributed by atoms with Crippen LogP contribution in [0.2, 0.25) is 5.02 Å². The van der Waals surface area contributed by atoms with Gasteiger partial charge in [-0.25, -0.2) is 0 Å². The normalized spacial score (nSPS) is 15.0. The van der Waals surface area contributed by atoms with Gasteiger partial charge in [0.1, 0.15) is 12.4 Å². The molecule has 0 radical (unpaired) electrons. The van der Waals surface area contributed by atoms with E-state index in [1.54, 1.807) is 7.11 Å². The molecule has 0 aliphatic carbocycles. The number of rotatable bonds is 6. The van der Waals surface area contributed by atoms with Crippen LogP contribution in [0.25, 0.3) is 0 Å². The molecule has 0 aromatic heterocycles. The largest absolute Gasteiger partial charge is 0.488 e. The second-order valence-corrected chi connectivity index (χ2v) is 5.68. The molecule has 1 aliphatic rings. The second-order valence-electron chi connectivity index (χ2n) is 5.27. The summed E-state index contributed by atoms with van der Waals surface area (Å²) < 4.78 is 22.4. The van der Waals surface area contributed by atoms with E-state index in [1.165, 1.54) is 0 Å². The first-order valence-corrected chi connectivity index (χ1v) is 7.87. The summed E-state index contributed by atoms with van der Waals surface area (Å²) in [5.41, 5.74) is 2.77. The van der Waals surface area contributed by atoms with Crippen LogP contribution in [0.15, 0.2) is 42.5 Å². The second kappa shape index (κ2) is 7.79.